The molecule has 26 heavy (non-hydrogen) atoms. The molecule has 1 aliphatic heterocycles. The third-order valence-corrected chi connectivity index (χ3v) is 7.24. The topological polar surface area (TPSA) is 109 Å². The van der Waals surface area contributed by atoms with Crippen LogP contribution in [0.15, 0.2) is 46.2 Å². The standard InChI is InChI=1S/C15H14N4O4S3/c1-2-9-24-15-18-17-14(25-15)16-12(20)7-8-19-13(21)10-5-3-4-6-11(10)26(19,22)23/h2-6H,1,7-9H2,(H,16,17,20). The highest BCUT2D eigenvalue weighted by atomic mass is 32.2. The molecule has 8 nitrogen and oxygen atoms in total. The first-order chi connectivity index (χ1) is 12.4. The number of thioether (sulfide) groups is 1. The summed E-state index contributed by atoms with van der Waals surface area (Å²) in [6.07, 6.45) is 1.56. The Balaban J connectivity index is 1.61. The number of hydrogen-bond donors (Lipinski definition) is 1. The van der Waals surface area contributed by atoms with Gasteiger partial charge in [-0.15, -0.1) is 16.8 Å². The maximum atomic E-state index is 12.4. The Bertz CT molecular complexity index is 971. The van der Waals surface area contributed by atoms with E-state index in [-0.39, 0.29) is 23.4 Å². The Kier molecular flexibility index (Phi) is 5.39. The SMILES string of the molecule is C=CCSc1nnc(NC(=O)CCN2C(=O)c3ccccc3S2(=O)=O)s1. The number of carbonyl (C=O) groups excluding carboxylic acids is 2. The van der Waals surface area contributed by atoms with Crippen molar-refractivity contribution in [3.63, 3.8) is 0 Å². The fourth-order valence-corrected chi connectivity index (χ4v) is 5.38. The van der Waals surface area contributed by atoms with E-state index < -0.39 is 21.8 Å². The Morgan fingerprint density at radius 3 is 2.85 bits per heavy atom. The average Bonchev–Trinajstić information content (AvgIpc) is 3.13. The highest BCUT2D eigenvalue weighted by Gasteiger charge is 2.40. The van der Waals surface area contributed by atoms with Crippen LogP contribution in [0.2, 0.25) is 0 Å². The van der Waals surface area contributed by atoms with Gasteiger partial charge in [-0.2, -0.15) is 0 Å². The molecule has 1 aromatic heterocycles. The van der Waals surface area contributed by atoms with Crippen molar-refractivity contribution in [1.29, 1.82) is 0 Å². The van der Waals surface area contributed by atoms with Gasteiger partial charge in [0.15, 0.2) is 4.34 Å². The number of carbonyl (C=O) groups is 2. The summed E-state index contributed by atoms with van der Waals surface area (Å²) in [6, 6.07) is 5.99. The van der Waals surface area contributed by atoms with E-state index in [0.29, 0.717) is 15.2 Å². The minimum atomic E-state index is -3.90. The van der Waals surface area contributed by atoms with Gasteiger partial charge in [0.2, 0.25) is 11.0 Å². The molecule has 11 heteroatoms. The summed E-state index contributed by atoms with van der Waals surface area (Å²) >= 11 is 2.65. The van der Waals surface area contributed by atoms with Gasteiger partial charge in [-0.1, -0.05) is 41.3 Å². The number of aromatic nitrogens is 2. The van der Waals surface area contributed by atoms with Crippen LogP contribution in [0.3, 0.4) is 0 Å². The normalized spacial score (nSPS) is 14.9. The van der Waals surface area contributed by atoms with Crippen molar-refractivity contribution in [1.82, 2.24) is 14.5 Å². The lowest BCUT2D eigenvalue weighted by molar-refractivity contribution is -0.116. The van der Waals surface area contributed by atoms with Crippen molar-refractivity contribution >= 4 is 50.1 Å². The zero-order valence-corrected chi connectivity index (χ0v) is 15.9. The minimum absolute atomic E-state index is 0.0292. The molecule has 1 aliphatic rings. The third-order valence-electron chi connectivity index (χ3n) is 3.43. The van der Waals surface area contributed by atoms with Crippen LogP contribution >= 0.6 is 23.1 Å². The lowest BCUT2D eigenvalue weighted by Gasteiger charge is -2.14. The number of nitrogens with one attached hydrogen (secondary N) is 1. The molecule has 0 spiro atoms. The van der Waals surface area contributed by atoms with Gasteiger partial charge in [0.25, 0.3) is 15.9 Å². The minimum Gasteiger partial charge on any atom is -0.300 e. The smallest absolute Gasteiger partial charge is 0.269 e. The largest absolute Gasteiger partial charge is 0.300 e. The predicted molar refractivity (Wildman–Crippen MR) is 98.7 cm³/mol. The van der Waals surface area contributed by atoms with E-state index in [1.807, 2.05) is 0 Å². The molecule has 0 fully saturated rings. The van der Waals surface area contributed by atoms with Gasteiger partial charge in [0, 0.05) is 18.7 Å². The van der Waals surface area contributed by atoms with E-state index in [0.717, 1.165) is 4.31 Å². The molecule has 0 bridgehead atoms. The molecule has 1 N–H and O–H groups in total. The fourth-order valence-electron chi connectivity index (χ4n) is 2.29. The number of anilines is 1. The van der Waals surface area contributed by atoms with Crippen molar-refractivity contribution in [3.05, 3.63) is 42.5 Å². The van der Waals surface area contributed by atoms with E-state index in [9.17, 15) is 18.0 Å². The van der Waals surface area contributed by atoms with Gasteiger partial charge in [-0.05, 0) is 12.1 Å². The van der Waals surface area contributed by atoms with Crippen LogP contribution in [0.25, 0.3) is 0 Å². The number of amides is 2. The van der Waals surface area contributed by atoms with Gasteiger partial charge < -0.3 is 5.32 Å². The van der Waals surface area contributed by atoms with Crippen LogP contribution in [-0.4, -0.2) is 47.0 Å². The summed E-state index contributed by atoms with van der Waals surface area (Å²) in [5.41, 5.74) is 0.126. The second kappa shape index (κ2) is 7.56. The van der Waals surface area contributed by atoms with Gasteiger partial charge in [-0.3, -0.25) is 9.59 Å². The molecule has 2 aromatic rings. The van der Waals surface area contributed by atoms with E-state index >= 15 is 0 Å². The van der Waals surface area contributed by atoms with E-state index in [2.05, 4.69) is 22.1 Å². The van der Waals surface area contributed by atoms with Crippen molar-refractivity contribution in [2.24, 2.45) is 0 Å². The molecule has 0 saturated heterocycles. The summed E-state index contributed by atoms with van der Waals surface area (Å²) < 4.78 is 26.2. The first-order valence-corrected chi connectivity index (χ1v) is 10.7. The fraction of sp³-hybridized carbons (Fsp3) is 0.200. The Labute approximate surface area is 158 Å². The van der Waals surface area contributed by atoms with Crippen LogP contribution in [0.5, 0.6) is 0 Å². The first kappa shape index (κ1) is 18.5. The van der Waals surface area contributed by atoms with Crippen LogP contribution in [0.1, 0.15) is 16.8 Å². The van der Waals surface area contributed by atoms with E-state index in [4.69, 9.17) is 0 Å². The van der Waals surface area contributed by atoms with Crippen LogP contribution in [0, 0.1) is 0 Å². The number of rotatable bonds is 7. The number of hydrogen-bond acceptors (Lipinski definition) is 8. The maximum absolute atomic E-state index is 12.4. The molecule has 2 heterocycles. The lowest BCUT2D eigenvalue weighted by atomic mass is 10.2. The van der Waals surface area contributed by atoms with Crippen LogP contribution < -0.4 is 5.32 Å². The molecule has 2 amide bonds. The van der Waals surface area contributed by atoms with Crippen molar-refractivity contribution in [2.45, 2.75) is 15.7 Å². The highest BCUT2D eigenvalue weighted by Crippen LogP contribution is 2.30. The molecule has 136 valence electrons. The van der Waals surface area contributed by atoms with E-state index in [1.165, 1.54) is 35.2 Å². The monoisotopic (exact) mass is 410 g/mol. The van der Waals surface area contributed by atoms with Gasteiger partial charge in [-0.25, -0.2) is 12.7 Å². The molecule has 0 atom stereocenters. The van der Waals surface area contributed by atoms with Gasteiger partial charge in [0.1, 0.15) is 4.90 Å². The number of benzene rings is 1. The van der Waals surface area contributed by atoms with Crippen LogP contribution in [0.4, 0.5) is 5.13 Å². The van der Waals surface area contributed by atoms with Crippen molar-refractivity contribution < 1.29 is 18.0 Å². The van der Waals surface area contributed by atoms with Crippen LogP contribution in [-0.2, 0) is 14.8 Å². The highest BCUT2D eigenvalue weighted by molar-refractivity contribution is 8.01. The van der Waals surface area contributed by atoms with Gasteiger partial charge in [0.05, 0.1) is 5.56 Å². The molecule has 0 saturated carbocycles. The zero-order chi connectivity index (χ0) is 18.7. The summed E-state index contributed by atoms with van der Waals surface area (Å²) in [7, 11) is -3.90. The third kappa shape index (κ3) is 3.64. The quantitative estimate of drug-likeness (QED) is 0.422. The van der Waals surface area contributed by atoms with E-state index in [1.54, 1.807) is 18.2 Å². The lowest BCUT2D eigenvalue weighted by Crippen LogP contribution is -2.33. The summed E-state index contributed by atoms with van der Waals surface area (Å²) in [5, 5.41) is 10.6. The number of sulfonamides is 1. The summed E-state index contributed by atoms with van der Waals surface area (Å²) in [4.78, 5) is 24.3. The molecule has 0 unspecified atom stereocenters. The second-order valence-corrected chi connectivity index (χ2v) is 9.22. The average molecular weight is 411 g/mol. The molecule has 0 aliphatic carbocycles. The summed E-state index contributed by atoms with van der Waals surface area (Å²) in [5.74, 6) is -0.384. The Morgan fingerprint density at radius 2 is 2.12 bits per heavy atom. The maximum Gasteiger partial charge on any atom is 0.269 e. The zero-order valence-electron chi connectivity index (χ0n) is 13.4. The Morgan fingerprint density at radius 1 is 1.35 bits per heavy atom. The molecular formula is C15H14N4O4S3. The molecule has 3 rings (SSSR count). The molecule has 0 radical (unpaired) electrons. The number of nitrogens with zero attached hydrogens (tertiary/aromatic N) is 3. The second-order valence-electron chi connectivity index (χ2n) is 5.15. The first-order valence-electron chi connectivity index (χ1n) is 7.46. The van der Waals surface area contributed by atoms with Gasteiger partial charge >= 0.3 is 0 Å². The molecule has 1 aromatic carbocycles. The van der Waals surface area contributed by atoms with Crippen molar-refractivity contribution in [3.8, 4) is 0 Å². The predicted octanol–water partition coefficient (Wildman–Crippen LogP) is 1.99. The number of fused-ring (bicyclic) bond motifs is 1. The molecular weight excluding hydrogens is 396 g/mol. The van der Waals surface area contributed by atoms with Crippen molar-refractivity contribution in [2.75, 3.05) is 17.6 Å². The Hall–Kier alpha value is -2.24. The summed E-state index contributed by atoms with van der Waals surface area (Å²) in [6.45, 7) is 3.37.